The Balaban J connectivity index is 1.71. The number of aromatic nitrogens is 1. The van der Waals surface area contributed by atoms with Gasteiger partial charge < -0.3 is 9.94 Å². The van der Waals surface area contributed by atoms with Gasteiger partial charge in [0.1, 0.15) is 23.9 Å². The summed E-state index contributed by atoms with van der Waals surface area (Å²) in [6.45, 7) is 0.123. The molecule has 3 aromatic rings. The second kappa shape index (κ2) is 9.83. The van der Waals surface area contributed by atoms with E-state index in [2.05, 4.69) is 10.1 Å². The van der Waals surface area contributed by atoms with E-state index in [0.717, 1.165) is 11.3 Å². The molecule has 0 unspecified atom stereocenters. The summed E-state index contributed by atoms with van der Waals surface area (Å²) in [7, 11) is 0. The minimum atomic E-state index is -0.301. The molecule has 140 valence electrons. The zero-order valence-electron chi connectivity index (χ0n) is 15.1. The van der Waals surface area contributed by atoms with E-state index in [-0.39, 0.29) is 12.4 Å². The van der Waals surface area contributed by atoms with Gasteiger partial charge in [-0.1, -0.05) is 47.6 Å². The van der Waals surface area contributed by atoms with E-state index in [1.807, 2.05) is 36.4 Å². The van der Waals surface area contributed by atoms with Gasteiger partial charge in [-0.25, -0.2) is 4.39 Å². The van der Waals surface area contributed by atoms with E-state index in [0.29, 0.717) is 17.0 Å². The average molecular weight is 374 g/mol. The number of ether oxygens (including phenoxy) is 1. The Hall–Kier alpha value is -3.73. The molecule has 1 heterocycles. The largest absolute Gasteiger partial charge is 0.488 e. The van der Waals surface area contributed by atoms with Crippen molar-refractivity contribution in [3.8, 4) is 5.75 Å². The van der Waals surface area contributed by atoms with Gasteiger partial charge in [-0.2, -0.15) is 0 Å². The fraction of sp³-hybridized carbons (Fsp3) is 0.0435. The minimum Gasteiger partial charge on any atom is -0.488 e. The van der Waals surface area contributed by atoms with Crippen LogP contribution in [0.15, 0.2) is 90.2 Å². The molecule has 5 heteroatoms. The van der Waals surface area contributed by atoms with E-state index in [9.17, 15) is 9.60 Å². The van der Waals surface area contributed by atoms with Crippen LogP contribution in [0, 0.1) is 5.82 Å². The van der Waals surface area contributed by atoms with Crippen LogP contribution >= 0.6 is 0 Å². The molecule has 3 rings (SSSR count). The fourth-order valence-corrected chi connectivity index (χ4v) is 2.46. The monoisotopic (exact) mass is 374 g/mol. The lowest BCUT2D eigenvalue weighted by Gasteiger charge is -2.09. The molecule has 0 saturated heterocycles. The maximum Gasteiger partial charge on any atom is 0.129 e. The van der Waals surface area contributed by atoms with E-state index in [1.54, 1.807) is 54.8 Å². The van der Waals surface area contributed by atoms with Crippen molar-refractivity contribution < 1.29 is 14.3 Å². The van der Waals surface area contributed by atoms with E-state index >= 15 is 0 Å². The first-order valence-electron chi connectivity index (χ1n) is 8.71. The number of hydrogen-bond donors (Lipinski definition) is 1. The summed E-state index contributed by atoms with van der Waals surface area (Å²) in [5.74, 6) is 0.304. The van der Waals surface area contributed by atoms with Crippen LogP contribution in [0.25, 0.3) is 12.2 Å². The number of oxime groups is 1. The highest BCUT2D eigenvalue weighted by molar-refractivity contribution is 6.08. The Kier molecular flexibility index (Phi) is 6.68. The van der Waals surface area contributed by atoms with Gasteiger partial charge in [0, 0.05) is 17.3 Å². The molecule has 0 aliphatic carbocycles. The number of hydrogen-bond acceptors (Lipinski definition) is 4. The summed E-state index contributed by atoms with van der Waals surface area (Å²) in [6.07, 6.45) is 8.52. The van der Waals surface area contributed by atoms with Crippen molar-refractivity contribution >= 4 is 17.9 Å². The molecular formula is C23H19FN2O2. The van der Waals surface area contributed by atoms with Crippen LogP contribution < -0.4 is 4.74 Å². The quantitative estimate of drug-likeness (QED) is 0.344. The van der Waals surface area contributed by atoms with Crippen LogP contribution in [-0.4, -0.2) is 15.9 Å². The van der Waals surface area contributed by atoms with Crippen LogP contribution in [-0.2, 0) is 6.61 Å². The van der Waals surface area contributed by atoms with Gasteiger partial charge in [0.15, 0.2) is 0 Å². The number of benzene rings is 2. The first kappa shape index (κ1) is 19.0. The van der Waals surface area contributed by atoms with E-state index < -0.39 is 0 Å². The first-order valence-corrected chi connectivity index (χ1v) is 8.71. The van der Waals surface area contributed by atoms with Crippen LogP contribution in [0.2, 0.25) is 0 Å². The van der Waals surface area contributed by atoms with Crippen LogP contribution in [0.5, 0.6) is 5.75 Å². The first-order chi connectivity index (χ1) is 13.8. The third-order valence-electron chi connectivity index (χ3n) is 3.92. The van der Waals surface area contributed by atoms with Gasteiger partial charge >= 0.3 is 0 Å². The summed E-state index contributed by atoms with van der Waals surface area (Å²) < 4.78 is 19.5. The fourth-order valence-electron chi connectivity index (χ4n) is 2.46. The van der Waals surface area contributed by atoms with Gasteiger partial charge in [0.05, 0.1) is 5.69 Å². The van der Waals surface area contributed by atoms with Crippen molar-refractivity contribution in [1.82, 2.24) is 4.98 Å². The molecular weight excluding hydrogens is 355 g/mol. The lowest BCUT2D eigenvalue weighted by molar-refractivity contribution is 0.299. The maximum absolute atomic E-state index is 13.8. The predicted octanol–water partition coefficient (Wildman–Crippen LogP) is 5.36. The second-order valence-electron chi connectivity index (χ2n) is 5.86. The van der Waals surface area contributed by atoms with Gasteiger partial charge in [0.25, 0.3) is 0 Å². The van der Waals surface area contributed by atoms with Crippen LogP contribution in [0.3, 0.4) is 0 Å². The normalized spacial score (nSPS) is 12.0. The number of para-hydroxylation sites is 1. The Labute approximate surface area is 162 Å². The second-order valence-corrected chi connectivity index (χ2v) is 5.86. The van der Waals surface area contributed by atoms with Gasteiger partial charge in [-0.15, -0.1) is 0 Å². The third-order valence-corrected chi connectivity index (χ3v) is 3.92. The molecule has 2 aromatic carbocycles. The summed E-state index contributed by atoms with van der Waals surface area (Å²) in [4.78, 5) is 4.18. The highest BCUT2D eigenvalue weighted by Crippen LogP contribution is 2.21. The number of rotatable bonds is 7. The van der Waals surface area contributed by atoms with Crippen molar-refractivity contribution in [2.24, 2.45) is 5.16 Å². The van der Waals surface area contributed by atoms with E-state index in [4.69, 9.17) is 4.74 Å². The van der Waals surface area contributed by atoms with Crippen molar-refractivity contribution in [3.63, 3.8) is 0 Å². The minimum absolute atomic E-state index is 0.123. The zero-order valence-corrected chi connectivity index (χ0v) is 15.1. The zero-order chi connectivity index (χ0) is 19.6. The standard InChI is InChI=1S/C23H19FN2O2/c24-22-10-3-1-8-19(22)17-28-23-11-4-2-7-18(23)12-13-21(26-27)15-14-20-9-5-6-16-25-20/h1-16,27H,17H2. The molecule has 0 saturated carbocycles. The molecule has 0 aliphatic rings. The molecule has 0 aliphatic heterocycles. The SMILES string of the molecule is ON=C(C=Cc1ccccn1)C=Cc1ccccc1OCc1ccccc1F. The molecule has 4 nitrogen and oxygen atoms in total. The smallest absolute Gasteiger partial charge is 0.129 e. The predicted molar refractivity (Wildman–Crippen MR) is 109 cm³/mol. The third kappa shape index (κ3) is 5.38. The highest BCUT2D eigenvalue weighted by Gasteiger charge is 2.04. The summed E-state index contributed by atoms with van der Waals surface area (Å²) >= 11 is 0. The molecule has 1 aromatic heterocycles. The number of pyridine rings is 1. The summed E-state index contributed by atoms with van der Waals surface area (Å²) in [6, 6.07) is 19.4. The Morgan fingerprint density at radius 2 is 1.71 bits per heavy atom. The Morgan fingerprint density at radius 3 is 2.50 bits per heavy atom. The average Bonchev–Trinajstić information content (AvgIpc) is 2.75. The van der Waals surface area contributed by atoms with E-state index in [1.165, 1.54) is 6.07 Å². The van der Waals surface area contributed by atoms with Gasteiger partial charge in [0.2, 0.25) is 0 Å². The van der Waals surface area contributed by atoms with Gasteiger partial charge in [-0.3, -0.25) is 4.98 Å². The Bertz CT molecular complexity index is 998. The lowest BCUT2D eigenvalue weighted by atomic mass is 10.1. The molecule has 1 N–H and O–H groups in total. The van der Waals surface area contributed by atoms with Crippen molar-refractivity contribution in [2.45, 2.75) is 6.61 Å². The van der Waals surface area contributed by atoms with Crippen LogP contribution in [0.4, 0.5) is 4.39 Å². The molecule has 28 heavy (non-hydrogen) atoms. The topological polar surface area (TPSA) is 54.7 Å². The van der Waals surface area contributed by atoms with Crippen molar-refractivity contribution in [1.29, 1.82) is 0 Å². The van der Waals surface area contributed by atoms with Gasteiger partial charge in [-0.05, 0) is 48.6 Å². The van der Waals surface area contributed by atoms with Crippen molar-refractivity contribution in [3.05, 3.63) is 108 Å². The summed E-state index contributed by atoms with van der Waals surface area (Å²) in [5.41, 5.74) is 2.38. The molecule has 0 spiro atoms. The lowest BCUT2D eigenvalue weighted by Crippen LogP contribution is -1.99. The number of halogens is 1. The molecule has 0 radical (unpaired) electrons. The Morgan fingerprint density at radius 1 is 0.964 bits per heavy atom. The van der Waals surface area contributed by atoms with Crippen molar-refractivity contribution in [2.75, 3.05) is 0 Å². The molecule has 0 amide bonds. The summed E-state index contributed by atoms with van der Waals surface area (Å²) in [5, 5.41) is 12.5. The molecule has 0 bridgehead atoms. The maximum atomic E-state index is 13.8. The molecule has 0 atom stereocenters. The number of nitrogens with zero attached hydrogens (tertiary/aromatic N) is 2. The number of allylic oxidation sites excluding steroid dienone is 2. The highest BCUT2D eigenvalue weighted by atomic mass is 19.1. The molecule has 0 fully saturated rings. The van der Waals surface area contributed by atoms with Crippen LogP contribution in [0.1, 0.15) is 16.8 Å².